The van der Waals surface area contributed by atoms with E-state index >= 15 is 0 Å². The molecular formula is C14H17NO. The Labute approximate surface area is 95.7 Å². The summed E-state index contributed by atoms with van der Waals surface area (Å²) in [5.41, 5.74) is 2.48. The van der Waals surface area contributed by atoms with E-state index in [0.29, 0.717) is 12.3 Å². The van der Waals surface area contributed by atoms with Gasteiger partial charge in [0.2, 0.25) is 0 Å². The number of ketones is 1. The molecule has 0 aliphatic carbocycles. The third-order valence-electron chi connectivity index (χ3n) is 2.88. The Morgan fingerprint density at radius 3 is 2.88 bits per heavy atom. The first kappa shape index (κ1) is 10.9. The molecule has 0 spiro atoms. The van der Waals surface area contributed by atoms with Gasteiger partial charge in [0.05, 0.1) is 0 Å². The molecule has 0 saturated heterocycles. The van der Waals surface area contributed by atoms with Crippen molar-refractivity contribution in [2.24, 2.45) is 5.92 Å². The Bertz CT molecular complexity index is 498. The maximum atomic E-state index is 11.0. The number of benzene rings is 1. The number of nitrogens with one attached hydrogen (secondary N) is 1. The summed E-state index contributed by atoms with van der Waals surface area (Å²) in [4.78, 5) is 14.3. The van der Waals surface area contributed by atoms with Gasteiger partial charge in [-0.1, -0.05) is 25.1 Å². The second-order valence-corrected chi connectivity index (χ2v) is 4.57. The van der Waals surface area contributed by atoms with Gasteiger partial charge >= 0.3 is 0 Å². The lowest BCUT2D eigenvalue weighted by Gasteiger charge is -2.07. The van der Waals surface area contributed by atoms with Crippen molar-refractivity contribution in [1.29, 1.82) is 0 Å². The molecule has 0 aliphatic heterocycles. The first-order chi connectivity index (χ1) is 7.66. The maximum Gasteiger partial charge on any atom is 0.130 e. The van der Waals surface area contributed by atoms with E-state index in [2.05, 4.69) is 36.3 Å². The summed E-state index contributed by atoms with van der Waals surface area (Å²) in [5.74, 6) is 0.684. The fourth-order valence-electron chi connectivity index (χ4n) is 2.24. The number of fused-ring (bicyclic) bond motifs is 1. The van der Waals surface area contributed by atoms with Crippen molar-refractivity contribution in [2.75, 3.05) is 0 Å². The highest BCUT2D eigenvalue weighted by Gasteiger charge is 2.09. The van der Waals surface area contributed by atoms with Crippen LogP contribution in [-0.2, 0) is 11.2 Å². The summed E-state index contributed by atoms with van der Waals surface area (Å²) in [6, 6.07) is 8.28. The lowest BCUT2D eigenvalue weighted by Crippen LogP contribution is -2.04. The summed E-state index contributed by atoms with van der Waals surface area (Å²) >= 11 is 0. The van der Waals surface area contributed by atoms with Gasteiger partial charge in [0.25, 0.3) is 0 Å². The van der Waals surface area contributed by atoms with E-state index in [4.69, 9.17) is 0 Å². The predicted molar refractivity (Wildman–Crippen MR) is 66.5 cm³/mol. The van der Waals surface area contributed by atoms with Crippen molar-refractivity contribution in [3.63, 3.8) is 0 Å². The molecule has 16 heavy (non-hydrogen) atoms. The van der Waals surface area contributed by atoms with E-state index in [9.17, 15) is 4.79 Å². The van der Waals surface area contributed by atoms with Gasteiger partial charge in [-0.2, -0.15) is 0 Å². The maximum absolute atomic E-state index is 11.0. The average molecular weight is 215 g/mol. The van der Waals surface area contributed by atoms with Gasteiger partial charge in [0.15, 0.2) is 0 Å². The first-order valence-electron chi connectivity index (χ1n) is 5.71. The van der Waals surface area contributed by atoms with Crippen molar-refractivity contribution >= 4 is 16.7 Å². The summed E-state index contributed by atoms with van der Waals surface area (Å²) in [7, 11) is 0. The van der Waals surface area contributed by atoms with Crippen LogP contribution in [0.25, 0.3) is 10.9 Å². The highest BCUT2D eigenvalue weighted by atomic mass is 16.1. The van der Waals surface area contributed by atoms with Gasteiger partial charge in [-0.15, -0.1) is 0 Å². The monoisotopic (exact) mass is 215 g/mol. The van der Waals surface area contributed by atoms with Crippen LogP contribution in [0.2, 0.25) is 0 Å². The minimum absolute atomic E-state index is 0.271. The minimum atomic E-state index is 0.271. The SMILES string of the molecule is CC(=O)C[C@@H](C)Cc1c[nH]c2ccccc12. The molecule has 1 heterocycles. The van der Waals surface area contributed by atoms with Crippen molar-refractivity contribution in [1.82, 2.24) is 4.98 Å². The molecule has 0 aliphatic rings. The third kappa shape index (κ3) is 2.32. The summed E-state index contributed by atoms with van der Waals surface area (Å²) < 4.78 is 0. The molecule has 84 valence electrons. The number of carbonyl (C=O) groups excluding carboxylic acids is 1. The fraction of sp³-hybridized carbons (Fsp3) is 0.357. The Morgan fingerprint density at radius 2 is 2.12 bits per heavy atom. The number of rotatable bonds is 4. The highest BCUT2D eigenvalue weighted by Crippen LogP contribution is 2.21. The van der Waals surface area contributed by atoms with Crippen LogP contribution < -0.4 is 0 Å². The summed E-state index contributed by atoms with van der Waals surface area (Å²) in [6.07, 6.45) is 3.68. The highest BCUT2D eigenvalue weighted by molar-refractivity contribution is 5.83. The second-order valence-electron chi connectivity index (χ2n) is 4.57. The lowest BCUT2D eigenvalue weighted by atomic mass is 9.96. The third-order valence-corrected chi connectivity index (χ3v) is 2.88. The summed E-state index contributed by atoms with van der Waals surface area (Å²) in [6.45, 7) is 3.79. The molecule has 1 aromatic carbocycles. The van der Waals surface area contributed by atoms with Crippen LogP contribution in [0.15, 0.2) is 30.5 Å². The topological polar surface area (TPSA) is 32.9 Å². The number of para-hydroxylation sites is 1. The van der Waals surface area contributed by atoms with E-state index in [0.717, 1.165) is 6.42 Å². The molecule has 1 aromatic heterocycles. The zero-order chi connectivity index (χ0) is 11.5. The Kier molecular flexibility index (Phi) is 3.09. The van der Waals surface area contributed by atoms with Crippen LogP contribution in [-0.4, -0.2) is 10.8 Å². The number of hydrogen-bond acceptors (Lipinski definition) is 1. The Hall–Kier alpha value is -1.57. The van der Waals surface area contributed by atoms with E-state index in [1.54, 1.807) is 6.92 Å². The zero-order valence-electron chi connectivity index (χ0n) is 9.79. The molecule has 0 bridgehead atoms. The average Bonchev–Trinajstić information content (AvgIpc) is 2.61. The molecule has 0 saturated carbocycles. The molecule has 0 unspecified atom stereocenters. The number of carbonyl (C=O) groups is 1. The molecule has 0 fully saturated rings. The second kappa shape index (κ2) is 4.52. The molecule has 1 N–H and O–H groups in total. The van der Waals surface area contributed by atoms with Crippen molar-refractivity contribution in [3.8, 4) is 0 Å². The molecule has 0 amide bonds. The van der Waals surface area contributed by atoms with Gasteiger partial charge in [-0.3, -0.25) is 0 Å². The molecule has 0 radical (unpaired) electrons. The molecule has 1 atom stereocenters. The minimum Gasteiger partial charge on any atom is -0.361 e. The van der Waals surface area contributed by atoms with Gasteiger partial charge in [0, 0.05) is 23.5 Å². The number of aromatic amines is 1. The smallest absolute Gasteiger partial charge is 0.130 e. The number of aromatic nitrogens is 1. The first-order valence-corrected chi connectivity index (χ1v) is 5.71. The van der Waals surface area contributed by atoms with Crippen molar-refractivity contribution in [3.05, 3.63) is 36.0 Å². The normalized spacial score (nSPS) is 12.9. The van der Waals surface area contributed by atoms with Gasteiger partial charge < -0.3 is 9.78 Å². The Balaban J connectivity index is 2.18. The fourth-order valence-corrected chi connectivity index (χ4v) is 2.24. The van der Waals surface area contributed by atoms with Crippen LogP contribution in [0.3, 0.4) is 0 Å². The largest absolute Gasteiger partial charge is 0.361 e. The van der Waals surface area contributed by atoms with Crippen LogP contribution in [0.5, 0.6) is 0 Å². The standard InChI is InChI=1S/C14H17NO/c1-10(7-11(2)16)8-12-9-15-14-6-4-3-5-13(12)14/h3-6,9-10,15H,7-8H2,1-2H3/t10-/m1/s1. The molecule has 2 nitrogen and oxygen atoms in total. The van der Waals surface area contributed by atoms with Crippen LogP contribution in [0, 0.1) is 5.92 Å². The van der Waals surface area contributed by atoms with Crippen molar-refractivity contribution < 1.29 is 4.79 Å². The number of Topliss-reactive ketones (excluding diaryl/α,β-unsaturated/α-hetero) is 1. The quantitative estimate of drug-likeness (QED) is 0.833. The van der Waals surface area contributed by atoms with Crippen molar-refractivity contribution in [2.45, 2.75) is 26.7 Å². The molecule has 2 rings (SSSR count). The number of hydrogen-bond donors (Lipinski definition) is 1. The van der Waals surface area contributed by atoms with Gasteiger partial charge in [-0.25, -0.2) is 0 Å². The number of H-pyrrole nitrogens is 1. The van der Waals surface area contributed by atoms with Crippen LogP contribution in [0.1, 0.15) is 25.8 Å². The van der Waals surface area contributed by atoms with Gasteiger partial charge in [0.1, 0.15) is 5.78 Å². The summed E-state index contributed by atoms with van der Waals surface area (Å²) in [5, 5.41) is 1.28. The van der Waals surface area contributed by atoms with E-state index in [-0.39, 0.29) is 5.78 Å². The van der Waals surface area contributed by atoms with Crippen LogP contribution in [0.4, 0.5) is 0 Å². The zero-order valence-corrected chi connectivity index (χ0v) is 9.79. The lowest BCUT2D eigenvalue weighted by molar-refractivity contribution is -0.117. The van der Waals surface area contributed by atoms with E-state index in [1.807, 2.05) is 6.07 Å². The van der Waals surface area contributed by atoms with E-state index < -0.39 is 0 Å². The molecular weight excluding hydrogens is 198 g/mol. The predicted octanol–water partition coefficient (Wildman–Crippen LogP) is 3.33. The van der Waals surface area contributed by atoms with Crippen LogP contribution >= 0.6 is 0 Å². The molecule has 2 heteroatoms. The van der Waals surface area contributed by atoms with Gasteiger partial charge in [-0.05, 0) is 30.9 Å². The van der Waals surface area contributed by atoms with E-state index in [1.165, 1.54) is 16.5 Å². The molecule has 2 aromatic rings. The Morgan fingerprint density at radius 1 is 1.38 bits per heavy atom.